The van der Waals surface area contributed by atoms with E-state index >= 15 is 0 Å². The van der Waals surface area contributed by atoms with Crippen molar-refractivity contribution < 1.29 is 14.3 Å². The van der Waals surface area contributed by atoms with E-state index in [4.69, 9.17) is 15.2 Å². The fourth-order valence-electron chi connectivity index (χ4n) is 0.772. The molecule has 2 N–H and O–H groups in total. The summed E-state index contributed by atoms with van der Waals surface area (Å²) in [5.74, 6) is -0.513. The monoisotopic (exact) mass is 203 g/mol. The molecule has 0 aromatic carbocycles. The zero-order valence-corrected chi connectivity index (χ0v) is 9.45. The van der Waals surface area contributed by atoms with Crippen LogP contribution in [0, 0.1) is 5.92 Å². The van der Waals surface area contributed by atoms with Crippen molar-refractivity contribution in [3.63, 3.8) is 0 Å². The summed E-state index contributed by atoms with van der Waals surface area (Å²) in [6.45, 7) is 8.16. The summed E-state index contributed by atoms with van der Waals surface area (Å²) in [5, 5.41) is 0. The number of rotatable bonds is 6. The number of hydrogen-bond donors (Lipinski definition) is 1. The summed E-state index contributed by atoms with van der Waals surface area (Å²) in [4.78, 5) is 11.3. The van der Waals surface area contributed by atoms with Gasteiger partial charge in [0.05, 0.1) is 18.6 Å². The number of ether oxygens (including phenoxy) is 2. The maximum absolute atomic E-state index is 11.3. The molecule has 2 unspecified atom stereocenters. The Morgan fingerprint density at radius 2 is 1.79 bits per heavy atom. The molecule has 0 aliphatic heterocycles. The molecule has 0 saturated carbocycles. The van der Waals surface area contributed by atoms with E-state index in [0.717, 1.165) is 0 Å². The van der Waals surface area contributed by atoms with Crippen molar-refractivity contribution >= 4 is 5.97 Å². The Hall–Kier alpha value is -0.610. The third kappa shape index (κ3) is 5.94. The standard InChI is InChI=1S/C10H21NO3/c1-7(2)13-5-6-14-10(12)8(3)9(4)11/h7-9H,5-6,11H2,1-4H3. The molecule has 84 valence electrons. The van der Waals surface area contributed by atoms with Crippen LogP contribution in [0.25, 0.3) is 0 Å². The number of esters is 1. The molecule has 0 radical (unpaired) electrons. The zero-order chi connectivity index (χ0) is 11.1. The lowest BCUT2D eigenvalue weighted by atomic mass is 10.1. The van der Waals surface area contributed by atoms with Gasteiger partial charge in [-0.2, -0.15) is 0 Å². The van der Waals surface area contributed by atoms with Crippen LogP contribution in [0.5, 0.6) is 0 Å². The lowest BCUT2D eigenvalue weighted by Crippen LogP contribution is -2.32. The average molecular weight is 203 g/mol. The SMILES string of the molecule is CC(C)OCCOC(=O)C(C)C(C)N. The third-order valence-corrected chi connectivity index (χ3v) is 1.94. The van der Waals surface area contributed by atoms with E-state index in [2.05, 4.69) is 0 Å². The molecule has 0 bridgehead atoms. The van der Waals surface area contributed by atoms with Gasteiger partial charge in [-0.1, -0.05) is 6.92 Å². The van der Waals surface area contributed by atoms with Crippen LogP contribution < -0.4 is 5.73 Å². The van der Waals surface area contributed by atoms with Gasteiger partial charge in [0.15, 0.2) is 0 Å². The van der Waals surface area contributed by atoms with Crippen molar-refractivity contribution in [2.45, 2.75) is 39.8 Å². The Bertz CT molecular complexity index is 169. The van der Waals surface area contributed by atoms with Gasteiger partial charge < -0.3 is 15.2 Å². The van der Waals surface area contributed by atoms with Crippen LogP contribution in [-0.2, 0) is 14.3 Å². The molecule has 0 heterocycles. The van der Waals surface area contributed by atoms with Gasteiger partial charge in [-0.3, -0.25) is 4.79 Å². The minimum absolute atomic E-state index is 0.166. The minimum Gasteiger partial charge on any atom is -0.463 e. The van der Waals surface area contributed by atoms with Gasteiger partial charge in [-0.05, 0) is 20.8 Å². The van der Waals surface area contributed by atoms with Crippen LogP contribution in [0.4, 0.5) is 0 Å². The van der Waals surface area contributed by atoms with Crippen molar-refractivity contribution in [2.24, 2.45) is 11.7 Å². The molecule has 4 nitrogen and oxygen atoms in total. The Morgan fingerprint density at radius 1 is 1.21 bits per heavy atom. The summed E-state index contributed by atoms with van der Waals surface area (Å²) in [7, 11) is 0. The van der Waals surface area contributed by atoms with E-state index in [9.17, 15) is 4.79 Å². The van der Waals surface area contributed by atoms with E-state index < -0.39 is 0 Å². The van der Waals surface area contributed by atoms with E-state index in [1.165, 1.54) is 0 Å². The summed E-state index contributed by atoms with van der Waals surface area (Å²) in [6.07, 6.45) is 0.166. The first-order valence-corrected chi connectivity index (χ1v) is 4.99. The Balaban J connectivity index is 3.54. The van der Waals surface area contributed by atoms with Crippen LogP contribution in [0.15, 0.2) is 0 Å². The Labute approximate surface area is 85.8 Å². The van der Waals surface area contributed by atoms with Crippen LogP contribution in [0.2, 0.25) is 0 Å². The molecule has 0 saturated heterocycles. The Kier molecular flexibility index (Phi) is 6.49. The van der Waals surface area contributed by atoms with Crippen LogP contribution >= 0.6 is 0 Å². The summed E-state index contributed by atoms with van der Waals surface area (Å²) in [5.41, 5.74) is 5.56. The fourth-order valence-corrected chi connectivity index (χ4v) is 0.772. The van der Waals surface area contributed by atoms with Crippen molar-refractivity contribution in [1.82, 2.24) is 0 Å². The second kappa shape index (κ2) is 6.79. The molecule has 0 aromatic heterocycles. The van der Waals surface area contributed by atoms with Gasteiger partial charge in [0.2, 0.25) is 0 Å². The van der Waals surface area contributed by atoms with Gasteiger partial charge in [-0.15, -0.1) is 0 Å². The predicted molar refractivity (Wildman–Crippen MR) is 54.9 cm³/mol. The molecular formula is C10H21NO3. The van der Waals surface area contributed by atoms with Crippen molar-refractivity contribution in [3.8, 4) is 0 Å². The van der Waals surface area contributed by atoms with E-state index in [0.29, 0.717) is 13.2 Å². The van der Waals surface area contributed by atoms with E-state index in [-0.39, 0.29) is 24.0 Å². The summed E-state index contributed by atoms with van der Waals surface area (Å²) < 4.78 is 10.2. The van der Waals surface area contributed by atoms with E-state index in [1.54, 1.807) is 13.8 Å². The molecule has 0 spiro atoms. The minimum atomic E-state index is -0.257. The van der Waals surface area contributed by atoms with Crippen molar-refractivity contribution in [3.05, 3.63) is 0 Å². The molecule has 0 aliphatic rings. The summed E-state index contributed by atoms with van der Waals surface area (Å²) >= 11 is 0. The molecule has 0 rings (SSSR count). The van der Waals surface area contributed by atoms with Gasteiger partial charge in [-0.25, -0.2) is 0 Å². The number of carbonyl (C=O) groups excluding carboxylic acids is 1. The maximum atomic E-state index is 11.3. The van der Waals surface area contributed by atoms with Gasteiger partial charge in [0.25, 0.3) is 0 Å². The molecule has 0 amide bonds. The smallest absolute Gasteiger partial charge is 0.310 e. The normalized spacial score (nSPS) is 15.3. The van der Waals surface area contributed by atoms with Gasteiger partial charge in [0.1, 0.15) is 6.61 Å². The summed E-state index contributed by atoms with van der Waals surface area (Å²) in [6, 6.07) is -0.173. The quantitative estimate of drug-likeness (QED) is 0.515. The molecule has 4 heteroatoms. The Morgan fingerprint density at radius 3 is 2.21 bits per heavy atom. The highest BCUT2D eigenvalue weighted by atomic mass is 16.6. The maximum Gasteiger partial charge on any atom is 0.310 e. The molecule has 0 aromatic rings. The first kappa shape index (κ1) is 13.4. The van der Waals surface area contributed by atoms with Crippen LogP contribution in [-0.4, -0.2) is 31.3 Å². The first-order chi connectivity index (χ1) is 6.45. The topological polar surface area (TPSA) is 61.5 Å². The van der Waals surface area contributed by atoms with Crippen molar-refractivity contribution in [1.29, 1.82) is 0 Å². The molecule has 0 fully saturated rings. The van der Waals surface area contributed by atoms with Crippen molar-refractivity contribution in [2.75, 3.05) is 13.2 Å². The highest BCUT2D eigenvalue weighted by molar-refractivity contribution is 5.72. The molecular weight excluding hydrogens is 182 g/mol. The largest absolute Gasteiger partial charge is 0.463 e. The number of carbonyl (C=O) groups is 1. The average Bonchev–Trinajstić information content (AvgIpc) is 2.10. The molecule has 0 aliphatic carbocycles. The second-order valence-corrected chi connectivity index (χ2v) is 3.73. The zero-order valence-electron chi connectivity index (χ0n) is 9.45. The van der Waals surface area contributed by atoms with Gasteiger partial charge in [0, 0.05) is 6.04 Å². The lowest BCUT2D eigenvalue weighted by molar-refractivity contribution is -0.150. The first-order valence-electron chi connectivity index (χ1n) is 4.99. The second-order valence-electron chi connectivity index (χ2n) is 3.73. The third-order valence-electron chi connectivity index (χ3n) is 1.94. The number of nitrogens with two attached hydrogens (primary N) is 1. The fraction of sp³-hybridized carbons (Fsp3) is 0.900. The number of hydrogen-bond acceptors (Lipinski definition) is 4. The molecule has 2 atom stereocenters. The lowest BCUT2D eigenvalue weighted by Gasteiger charge is -2.14. The van der Waals surface area contributed by atoms with Crippen LogP contribution in [0.1, 0.15) is 27.7 Å². The van der Waals surface area contributed by atoms with Gasteiger partial charge >= 0.3 is 5.97 Å². The van der Waals surface area contributed by atoms with E-state index in [1.807, 2.05) is 13.8 Å². The highest BCUT2D eigenvalue weighted by Crippen LogP contribution is 2.02. The highest BCUT2D eigenvalue weighted by Gasteiger charge is 2.18. The predicted octanol–water partition coefficient (Wildman–Crippen LogP) is 0.938. The molecule has 14 heavy (non-hydrogen) atoms. The van der Waals surface area contributed by atoms with Crippen LogP contribution in [0.3, 0.4) is 0 Å².